The smallest absolute Gasteiger partial charge is 0.307 e. The summed E-state index contributed by atoms with van der Waals surface area (Å²) in [5, 5.41) is 0.446. The lowest BCUT2D eigenvalue weighted by Gasteiger charge is -2.24. The summed E-state index contributed by atoms with van der Waals surface area (Å²) >= 11 is 0. The van der Waals surface area contributed by atoms with Crippen molar-refractivity contribution in [2.45, 2.75) is 39.4 Å². The predicted molar refractivity (Wildman–Crippen MR) is 105 cm³/mol. The molecule has 0 saturated carbocycles. The topological polar surface area (TPSA) is 64.3 Å². The van der Waals surface area contributed by atoms with Crippen LogP contribution in [0.1, 0.15) is 19.4 Å². The van der Waals surface area contributed by atoms with Crippen molar-refractivity contribution in [3.05, 3.63) is 74.9 Å². The standard InChI is InChI=1S/C21H21N3O3/c1-3-22-20(26)16-9-5-7-11-18(16)23(21(22)27)13-19(25)24-14(2)12-15-8-4-6-10-17(15)24/h4-11,14H,3,12-13H2,1-2H3. The number of benzene rings is 2. The van der Waals surface area contributed by atoms with E-state index in [9.17, 15) is 14.4 Å². The Hall–Kier alpha value is -3.15. The molecule has 0 bridgehead atoms. The second-order valence-electron chi connectivity index (χ2n) is 6.88. The van der Waals surface area contributed by atoms with Crippen LogP contribution in [0.25, 0.3) is 10.9 Å². The van der Waals surface area contributed by atoms with Crippen LogP contribution in [0, 0.1) is 0 Å². The van der Waals surface area contributed by atoms with E-state index in [0.29, 0.717) is 10.9 Å². The quantitative estimate of drug-likeness (QED) is 0.716. The zero-order valence-electron chi connectivity index (χ0n) is 15.4. The van der Waals surface area contributed by atoms with Crippen LogP contribution in [0.2, 0.25) is 0 Å². The number of hydrogen-bond donors (Lipinski definition) is 0. The Morgan fingerprint density at radius 2 is 1.74 bits per heavy atom. The molecule has 1 amide bonds. The van der Waals surface area contributed by atoms with Crippen molar-refractivity contribution in [2.75, 3.05) is 4.90 Å². The fourth-order valence-electron chi connectivity index (χ4n) is 3.96. The van der Waals surface area contributed by atoms with E-state index in [1.54, 1.807) is 36.1 Å². The van der Waals surface area contributed by atoms with Crippen molar-refractivity contribution < 1.29 is 4.79 Å². The lowest BCUT2D eigenvalue weighted by Crippen LogP contribution is -2.44. The van der Waals surface area contributed by atoms with Gasteiger partial charge in [-0.3, -0.25) is 18.7 Å². The average Bonchev–Trinajstić information content (AvgIpc) is 3.01. The number of carbonyl (C=O) groups is 1. The molecule has 1 atom stereocenters. The van der Waals surface area contributed by atoms with Gasteiger partial charge in [-0.2, -0.15) is 0 Å². The van der Waals surface area contributed by atoms with Crippen molar-refractivity contribution >= 4 is 22.5 Å². The number of para-hydroxylation sites is 2. The molecule has 3 aromatic rings. The van der Waals surface area contributed by atoms with Crippen molar-refractivity contribution in [1.29, 1.82) is 0 Å². The summed E-state index contributed by atoms with van der Waals surface area (Å²) in [7, 11) is 0. The molecule has 1 unspecified atom stereocenters. The second-order valence-corrected chi connectivity index (χ2v) is 6.88. The number of fused-ring (bicyclic) bond motifs is 2. The van der Waals surface area contributed by atoms with Gasteiger partial charge >= 0.3 is 5.69 Å². The van der Waals surface area contributed by atoms with Crippen molar-refractivity contribution in [2.24, 2.45) is 0 Å². The molecule has 0 aliphatic carbocycles. The fourth-order valence-corrected chi connectivity index (χ4v) is 3.96. The minimum absolute atomic E-state index is 0.0361. The number of amides is 1. The van der Waals surface area contributed by atoms with Crippen LogP contribution in [-0.4, -0.2) is 21.1 Å². The number of hydrogen-bond acceptors (Lipinski definition) is 3. The zero-order valence-corrected chi connectivity index (χ0v) is 15.4. The van der Waals surface area contributed by atoms with Crippen LogP contribution in [0.4, 0.5) is 5.69 Å². The van der Waals surface area contributed by atoms with E-state index in [-0.39, 0.29) is 30.6 Å². The maximum Gasteiger partial charge on any atom is 0.331 e. The number of rotatable bonds is 3. The summed E-state index contributed by atoms with van der Waals surface area (Å²) in [5.41, 5.74) is 1.76. The highest BCUT2D eigenvalue weighted by Crippen LogP contribution is 2.32. The third-order valence-electron chi connectivity index (χ3n) is 5.22. The minimum atomic E-state index is -0.449. The molecule has 4 rings (SSSR count). The molecule has 2 aromatic carbocycles. The molecule has 0 N–H and O–H groups in total. The SMILES string of the molecule is CCn1c(=O)c2ccccc2n(CC(=O)N2c3ccccc3CC2C)c1=O. The Labute approximate surface area is 156 Å². The van der Waals surface area contributed by atoms with Crippen LogP contribution in [0.3, 0.4) is 0 Å². The monoisotopic (exact) mass is 363 g/mol. The number of nitrogens with zero attached hydrogens (tertiary/aromatic N) is 3. The maximum absolute atomic E-state index is 13.1. The van der Waals surface area contributed by atoms with Gasteiger partial charge in [0.05, 0.1) is 10.9 Å². The first kappa shape index (κ1) is 17.3. The third-order valence-corrected chi connectivity index (χ3v) is 5.22. The highest BCUT2D eigenvalue weighted by Gasteiger charge is 2.31. The van der Waals surface area contributed by atoms with Gasteiger partial charge < -0.3 is 4.90 Å². The molecule has 6 heteroatoms. The number of aromatic nitrogens is 2. The van der Waals surface area contributed by atoms with Gasteiger partial charge in [0.2, 0.25) is 5.91 Å². The van der Waals surface area contributed by atoms with E-state index in [4.69, 9.17) is 0 Å². The van der Waals surface area contributed by atoms with Gasteiger partial charge in [0, 0.05) is 18.3 Å². The Morgan fingerprint density at radius 1 is 1.04 bits per heavy atom. The van der Waals surface area contributed by atoms with E-state index in [0.717, 1.165) is 17.7 Å². The summed E-state index contributed by atoms with van der Waals surface area (Å²) in [4.78, 5) is 40.3. The zero-order chi connectivity index (χ0) is 19.1. The van der Waals surface area contributed by atoms with Gasteiger partial charge in [-0.1, -0.05) is 30.3 Å². The summed E-state index contributed by atoms with van der Waals surface area (Å²) in [6.45, 7) is 3.92. The molecule has 0 saturated heterocycles. The van der Waals surface area contributed by atoms with Crippen molar-refractivity contribution in [3.63, 3.8) is 0 Å². The van der Waals surface area contributed by atoms with E-state index in [1.165, 1.54) is 9.13 Å². The van der Waals surface area contributed by atoms with Crippen molar-refractivity contribution in [3.8, 4) is 0 Å². The lowest BCUT2D eigenvalue weighted by molar-refractivity contribution is -0.119. The van der Waals surface area contributed by atoms with Gasteiger partial charge in [-0.25, -0.2) is 4.79 Å². The third kappa shape index (κ3) is 2.68. The molecule has 0 fully saturated rings. The van der Waals surface area contributed by atoms with Crippen LogP contribution in [0.15, 0.2) is 58.1 Å². The molecular formula is C21H21N3O3. The van der Waals surface area contributed by atoms with Gasteiger partial charge in [0.25, 0.3) is 5.56 Å². The Balaban J connectivity index is 1.82. The molecule has 0 spiro atoms. The highest BCUT2D eigenvalue weighted by molar-refractivity contribution is 5.96. The first-order valence-electron chi connectivity index (χ1n) is 9.15. The molecule has 27 heavy (non-hydrogen) atoms. The molecule has 1 aliphatic rings. The van der Waals surface area contributed by atoms with E-state index in [1.807, 2.05) is 31.2 Å². The summed E-state index contributed by atoms with van der Waals surface area (Å²) in [6.07, 6.45) is 0.798. The first-order chi connectivity index (χ1) is 13.0. The molecular weight excluding hydrogens is 342 g/mol. The summed E-state index contributed by atoms with van der Waals surface area (Å²) < 4.78 is 2.59. The van der Waals surface area contributed by atoms with E-state index < -0.39 is 5.69 Å². The Morgan fingerprint density at radius 3 is 2.52 bits per heavy atom. The Bertz CT molecular complexity index is 1160. The predicted octanol–water partition coefficient (Wildman–Crippen LogP) is 2.16. The molecule has 0 radical (unpaired) electrons. The molecule has 2 heterocycles. The van der Waals surface area contributed by atoms with E-state index in [2.05, 4.69) is 0 Å². The van der Waals surface area contributed by atoms with Gasteiger partial charge in [0.1, 0.15) is 6.54 Å². The van der Waals surface area contributed by atoms with Crippen molar-refractivity contribution in [1.82, 2.24) is 9.13 Å². The van der Waals surface area contributed by atoms with Crippen LogP contribution >= 0.6 is 0 Å². The Kier molecular flexibility index (Phi) is 4.18. The largest absolute Gasteiger partial charge is 0.331 e. The number of anilines is 1. The van der Waals surface area contributed by atoms with Crippen LogP contribution < -0.4 is 16.1 Å². The highest BCUT2D eigenvalue weighted by atomic mass is 16.2. The summed E-state index contributed by atoms with van der Waals surface area (Å²) in [6, 6.07) is 14.8. The van der Waals surface area contributed by atoms with E-state index >= 15 is 0 Å². The van der Waals surface area contributed by atoms with Gasteiger partial charge in [-0.15, -0.1) is 0 Å². The maximum atomic E-state index is 13.1. The second kappa shape index (κ2) is 6.54. The minimum Gasteiger partial charge on any atom is -0.307 e. The summed E-state index contributed by atoms with van der Waals surface area (Å²) in [5.74, 6) is -0.152. The van der Waals surface area contributed by atoms with Crippen LogP contribution in [-0.2, 0) is 24.3 Å². The number of carbonyl (C=O) groups excluding carboxylic acids is 1. The van der Waals surface area contributed by atoms with Gasteiger partial charge in [0.15, 0.2) is 0 Å². The van der Waals surface area contributed by atoms with Gasteiger partial charge in [-0.05, 0) is 44.0 Å². The molecule has 1 aromatic heterocycles. The molecule has 6 nitrogen and oxygen atoms in total. The first-order valence-corrected chi connectivity index (χ1v) is 9.15. The molecule has 138 valence electrons. The fraction of sp³-hybridized carbons (Fsp3) is 0.286. The average molecular weight is 363 g/mol. The molecule has 1 aliphatic heterocycles. The van der Waals surface area contributed by atoms with Crippen LogP contribution in [0.5, 0.6) is 0 Å². The lowest BCUT2D eigenvalue weighted by atomic mass is 10.1. The normalized spacial score (nSPS) is 15.9.